The molecule has 0 bridgehead atoms. The Hall–Kier alpha value is -4.14. The second-order valence-corrected chi connectivity index (χ2v) is 7.92. The number of nitrogens with zero attached hydrogens (tertiary/aromatic N) is 6. The maximum Gasteiger partial charge on any atom is 0.278 e. The third kappa shape index (κ3) is 3.61. The molecule has 33 heavy (non-hydrogen) atoms. The molecule has 1 aliphatic heterocycles. The quantitative estimate of drug-likeness (QED) is 0.492. The Labute approximate surface area is 191 Å². The molecule has 3 aromatic heterocycles. The van der Waals surface area contributed by atoms with Gasteiger partial charge in [0, 0.05) is 37.8 Å². The predicted molar refractivity (Wildman–Crippen MR) is 128 cm³/mol. The molecule has 5 rings (SSSR count). The topological polar surface area (TPSA) is 91.8 Å². The van der Waals surface area contributed by atoms with E-state index in [9.17, 15) is 10.1 Å². The van der Waals surface area contributed by atoms with Crippen molar-refractivity contribution >= 4 is 27.8 Å². The fourth-order valence-electron chi connectivity index (χ4n) is 4.46. The van der Waals surface area contributed by atoms with Crippen LogP contribution in [0.1, 0.15) is 18.1 Å². The maximum absolute atomic E-state index is 13.7. The third-order valence-corrected chi connectivity index (χ3v) is 6.02. The van der Waals surface area contributed by atoms with Gasteiger partial charge in [-0.2, -0.15) is 5.26 Å². The Morgan fingerprint density at radius 3 is 2.76 bits per heavy atom. The van der Waals surface area contributed by atoms with Gasteiger partial charge in [0.2, 0.25) is 0 Å². The zero-order chi connectivity index (χ0) is 22.8. The fraction of sp³-hybridized carbons (Fsp3) is 0.280. The molecule has 0 aliphatic carbocycles. The van der Waals surface area contributed by atoms with Crippen molar-refractivity contribution in [1.29, 1.82) is 5.26 Å². The van der Waals surface area contributed by atoms with Crippen molar-refractivity contribution in [2.45, 2.75) is 20.0 Å². The number of anilines is 1. The van der Waals surface area contributed by atoms with E-state index in [1.165, 1.54) is 6.33 Å². The van der Waals surface area contributed by atoms with Gasteiger partial charge in [0.05, 0.1) is 24.9 Å². The van der Waals surface area contributed by atoms with Crippen LogP contribution in [0.25, 0.3) is 21.9 Å². The molecule has 1 saturated heterocycles. The van der Waals surface area contributed by atoms with Crippen molar-refractivity contribution in [3.63, 3.8) is 0 Å². The van der Waals surface area contributed by atoms with Crippen LogP contribution >= 0.6 is 0 Å². The van der Waals surface area contributed by atoms with E-state index in [1.807, 2.05) is 34.9 Å². The standard InChI is InChI=1S/C25H23N7O/c1-2-3-12-32-23-22(20(15-26)24(32)30-13-10-27-11-14-30)29-17-31(25(23)33)16-18-8-9-28-21-7-5-4-6-19(18)21/h4-9,17,27H,10-14,16H2,1H3. The van der Waals surface area contributed by atoms with Gasteiger partial charge in [0.1, 0.15) is 28.5 Å². The minimum absolute atomic E-state index is 0.184. The lowest BCUT2D eigenvalue weighted by atomic mass is 10.1. The molecule has 1 aliphatic rings. The zero-order valence-corrected chi connectivity index (χ0v) is 18.4. The Kier molecular flexibility index (Phi) is 5.52. The number of benzene rings is 1. The van der Waals surface area contributed by atoms with Crippen LogP contribution in [0.5, 0.6) is 0 Å². The number of nitrogens with one attached hydrogen (secondary N) is 1. The summed E-state index contributed by atoms with van der Waals surface area (Å²) in [6.07, 6.45) is 3.29. The summed E-state index contributed by atoms with van der Waals surface area (Å²) in [6.45, 7) is 5.60. The van der Waals surface area contributed by atoms with Crippen molar-refractivity contribution in [1.82, 2.24) is 24.4 Å². The number of pyridine rings is 1. The van der Waals surface area contributed by atoms with Gasteiger partial charge in [-0.3, -0.25) is 14.3 Å². The zero-order valence-electron chi connectivity index (χ0n) is 18.4. The second-order valence-electron chi connectivity index (χ2n) is 7.92. The maximum atomic E-state index is 13.7. The van der Waals surface area contributed by atoms with E-state index in [1.54, 1.807) is 17.7 Å². The molecular weight excluding hydrogens is 414 g/mol. The van der Waals surface area contributed by atoms with Crippen LogP contribution in [0.15, 0.2) is 47.7 Å². The Morgan fingerprint density at radius 1 is 1.15 bits per heavy atom. The summed E-state index contributed by atoms with van der Waals surface area (Å²) in [7, 11) is 0. The van der Waals surface area contributed by atoms with Gasteiger partial charge in [-0.15, -0.1) is 5.92 Å². The van der Waals surface area contributed by atoms with Crippen molar-refractivity contribution in [2.24, 2.45) is 0 Å². The van der Waals surface area contributed by atoms with Crippen LogP contribution in [-0.2, 0) is 13.1 Å². The molecule has 1 aromatic carbocycles. The molecule has 0 saturated carbocycles. The Bertz CT molecular complexity index is 1500. The van der Waals surface area contributed by atoms with Gasteiger partial charge >= 0.3 is 0 Å². The van der Waals surface area contributed by atoms with Crippen molar-refractivity contribution < 1.29 is 0 Å². The first-order valence-corrected chi connectivity index (χ1v) is 10.9. The Balaban J connectivity index is 1.70. The van der Waals surface area contributed by atoms with E-state index in [0.29, 0.717) is 29.7 Å². The normalized spacial score (nSPS) is 13.6. The molecule has 8 heteroatoms. The van der Waals surface area contributed by atoms with Gasteiger partial charge in [0.15, 0.2) is 0 Å². The summed E-state index contributed by atoms with van der Waals surface area (Å²) >= 11 is 0. The van der Waals surface area contributed by atoms with E-state index in [-0.39, 0.29) is 5.56 Å². The first-order chi connectivity index (χ1) is 16.2. The molecule has 8 nitrogen and oxygen atoms in total. The molecule has 4 aromatic rings. The van der Waals surface area contributed by atoms with E-state index >= 15 is 0 Å². The number of rotatable bonds is 4. The predicted octanol–water partition coefficient (Wildman–Crippen LogP) is 2.10. The summed E-state index contributed by atoms with van der Waals surface area (Å²) in [5, 5.41) is 14.3. The SMILES string of the molecule is CC#CCn1c(N2CCNCC2)c(C#N)c2ncn(Cc3ccnc4ccccc34)c(=O)c21. The lowest BCUT2D eigenvalue weighted by Gasteiger charge is -2.30. The Morgan fingerprint density at radius 2 is 1.97 bits per heavy atom. The number of nitriles is 1. The number of hydrogen-bond acceptors (Lipinski definition) is 6. The monoisotopic (exact) mass is 437 g/mol. The average molecular weight is 438 g/mol. The fourth-order valence-corrected chi connectivity index (χ4v) is 4.46. The van der Waals surface area contributed by atoms with E-state index in [0.717, 1.165) is 48.5 Å². The molecule has 4 heterocycles. The molecule has 164 valence electrons. The highest BCUT2D eigenvalue weighted by Crippen LogP contribution is 2.30. The van der Waals surface area contributed by atoms with Gasteiger partial charge in [-0.1, -0.05) is 24.1 Å². The number of fused-ring (bicyclic) bond motifs is 2. The van der Waals surface area contributed by atoms with Gasteiger partial charge in [-0.05, 0) is 24.6 Å². The van der Waals surface area contributed by atoms with Crippen LogP contribution in [0.2, 0.25) is 0 Å². The van der Waals surface area contributed by atoms with Crippen molar-refractivity contribution in [3.8, 4) is 17.9 Å². The number of para-hydroxylation sites is 1. The number of aromatic nitrogens is 4. The molecule has 1 fully saturated rings. The van der Waals surface area contributed by atoms with Crippen LogP contribution in [-0.4, -0.2) is 45.3 Å². The van der Waals surface area contributed by atoms with E-state index < -0.39 is 0 Å². The minimum Gasteiger partial charge on any atom is -0.354 e. The smallest absolute Gasteiger partial charge is 0.278 e. The van der Waals surface area contributed by atoms with Gasteiger partial charge < -0.3 is 14.8 Å². The molecule has 0 atom stereocenters. The highest BCUT2D eigenvalue weighted by molar-refractivity contribution is 5.89. The summed E-state index contributed by atoms with van der Waals surface area (Å²) < 4.78 is 3.47. The van der Waals surface area contributed by atoms with E-state index in [4.69, 9.17) is 0 Å². The summed E-state index contributed by atoms with van der Waals surface area (Å²) in [5.74, 6) is 6.71. The van der Waals surface area contributed by atoms with Gasteiger partial charge in [-0.25, -0.2) is 4.98 Å². The first kappa shape index (κ1) is 20.7. The molecule has 0 spiro atoms. The van der Waals surface area contributed by atoms with Crippen LogP contribution in [0, 0.1) is 23.2 Å². The molecule has 0 amide bonds. The molecular formula is C25H23N7O. The lowest BCUT2D eigenvalue weighted by Crippen LogP contribution is -2.44. The summed E-state index contributed by atoms with van der Waals surface area (Å²) in [5.41, 5.74) is 2.97. The minimum atomic E-state index is -0.184. The van der Waals surface area contributed by atoms with E-state index in [2.05, 4.69) is 38.1 Å². The lowest BCUT2D eigenvalue weighted by molar-refractivity contribution is 0.577. The molecule has 0 unspecified atom stereocenters. The summed E-state index contributed by atoms with van der Waals surface area (Å²) in [6, 6.07) is 12.1. The van der Waals surface area contributed by atoms with Crippen LogP contribution in [0.4, 0.5) is 5.82 Å². The van der Waals surface area contributed by atoms with Crippen molar-refractivity contribution in [3.05, 3.63) is 64.3 Å². The largest absolute Gasteiger partial charge is 0.354 e. The highest BCUT2D eigenvalue weighted by atomic mass is 16.1. The van der Waals surface area contributed by atoms with Gasteiger partial charge in [0.25, 0.3) is 5.56 Å². The van der Waals surface area contributed by atoms with Crippen molar-refractivity contribution in [2.75, 3.05) is 31.1 Å². The summed E-state index contributed by atoms with van der Waals surface area (Å²) in [4.78, 5) is 24.9. The second kappa shape index (κ2) is 8.78. The molecule has 1 N–H and O–H groups in total. The number of hydrogen-bond donors (Lipinski definition) is 1. The highest BCUT2D eigenvalue weighted by Gasteiger charge is 2.26. The average Bonchev–Trinajstić information content (AvgIpc) is 3.19. The van der Waals surface area contributed by atoms with Crippen LogP contribution < -0.4 is 15.8 Å². The first-order valence-electron chi connectivity index (χ1n) is 10.9. The van der Waals surface area contributed by atoms with Crippen LogP contribution in [0.3, 0.4) is 0 Å². The number of piperazine rings is 1. The third-order valence-electron chi connectivity index (χ3n) is 6.02. The molecule has 0 radical (unpaired) electrons.